The zero-order valence-electron chi connectivity index (χ0n) is 8.57. The summed E-state index contributed by atoms with van der Waals surface area (Å²) in [5, 5.41) is 19.0. The van der Waals surface area contributed by atoms with Gasteiger partial charge in [0, 0.05) is 7.05 Å². The van der Waals surface area contributed by atoms with Crippen molar-refractivity contribution >= 4 is 0 Å². The summed E-state index contributed by atoms with van der Waals surface area (Å²) in [6.45, 7) is 0. The molecule has 2 heterocycles. The molecule has 9 nitrogen and oxygen atoms in total. The maximum Gasteiger partial charge on any atom is 0.330 e. The number of nitrogens with one attached hydrogen (secondary N) is 3. The minimum Gasteiger partial charge on any atom is -0.494 e. The van der Waals surface area contributed by atoms with Gasteiger partial charge in [-0.25, -0.2) is 9.59 Å². The van der Waals surface area contributed by atoms with Crippen LogP contribution in [0.2, 0.25) is 0 Å². The molecule has 0 aromatic carbocycles. The molecule has 0 radical (unpaired) electrons. The third-order valence-corrected chi connectivity index (χ3v) is 2.25. The number of rotatable bonds is 1. The van der Waals surface area contributed by atoms with Crippen LogP contribution in [0.4, 0.5) is 0 Å². The standard InChI is InChI=1S/C8H8N4O5/c1-12-6(15)2(4(13)11-8(12)17)3-5(14)10-7(16)9-3/h14-15H,1H3,(H2,9,10,16)(H,11,13,17). The van der Waals surface area contributed by atoms with E-state index in [2.05, 4.69) is 4.98 Å². The van der Waals surface area contributed by atoms with Crippen LogP contribution in [0, 0.1) is 0 Å². The monoisotopic (exact) mass is 240 g/mol. The number of aromatic hydroxyl groups is 2. The predicted octanol–water partition coefficient (Wildman–Crippen LogP) is -1.83. The summed E-state index contributed by atoms with van der Waals surface area (Å²) in [6.07, 6.45) is 0. The highest BCUT2D eigenvalue weighted by Crippen LogP contribution is 2.26. The van der Waals surface area contributed by atoms with Gasteiger partial charge in [0.05, 0.1) is 0 Å². The second-order valence-electron chi connectivity index (χ2n) is 3.32. The number of imidazole rings is 1. The number of hydrogen-bond donors (Lipinski definition) is 5. The van der Waals surface area contributed by atoms with Gasteiger partial charge in [0.2, 0.25) is 11.8 Å². The van der Waals surface area contributed by atoms with Crippen LogP contribution in [0.15, 0.2) is 14.4 Å². The number of H-pyrrole nitrogens is 3. The van der Waals surface area contributed by atoms with E-state index in [4.69, 9.17) is 0 Å². The van der Waals surface area contributed by atoms with E-state index >= 15 is 0 Å². The Balaban J connectivity index is 2.90. The third kappa shape index (κ3) is 1.53. The normalized spacial score (nSPS) is 10.6. The molecule has 9 heteroatoms. The minimum atomic E-state index is -0.920. The highest BCUT2D eigenvalue weighted by molar-refractivity contribution is 5.67. The van der Waals surface area contributed by atoms with Crippen LogP contribution in [0.25, 0.3) is 11.3 Å². The van der Waals surface area contributed by atoms with Crippen molar-refractivity contribution in [1.82, 2.24) is 19.5 Å². The Bertz CT molecular complexity index is 746. The summed E-state index contributed by atoms with van der Waals surface area (Å²) in [6, 6.07) is 0. The van der Waals surface area contributed by atoms with Crippen LogP contribution < -0.4 is 16.9 Å². The molecule has 0 aliphatic carbocycles. The molecule has 0 aliphatic heterocycles. The van der Waals surface area contributed by atoms with Gasteiger partial charge in [0.1, 0.15) is 11.3 Å². The number of aromatic amines is 3. The summed E-state index contributed by atoms with van der Waals surface area (Å²) in [5.74, 6) is -1.27. The average Bonchev–Trinajstić information content (AvgIpc) is 2.55. The van der Waals surface area contributed by atoms with Crippen LogP contribution in [0.3, 0.4) is 0 Å². The maximum absolute atomic E-state index is 11.5. The van der Waals surface area contributed by atoms with Gasteiger partial charge in [-0.15, -0.1) is 0 Å². The molecule has 2 aromatic heterocycles. The van der Waals surface area contributed by atoms with Gasteiger partial charge in [-0.3, -0.25) is 19.3 Å². The van der Waals surface area contributed by atoms with Crippen molar-refractivity contribution in [3.63, 3.8) is 0 Å². The molecule has 0 saturated heterocycles. The van der Waals surface area contributed by atoms with Crippen LogP contribution in [0.5, 0.6) is 11.8 Å². The molecule has 0 spiro atoms. The van der Waals surface area contributed by atoms with E-state index in [0.29, 0.717) is 0 Å². The van der Waals surface area contributed by atoms with Gasteiger partial charge in [0.15, 0.2) is 0 Å². The Morgan fingerprint density at radius 2 is 1.71 bits per heavy atom. The summed E-state index contributed by atoms with van der Waals surface area (Å²) in [7, 11) is 1.22. The predicted molar refractivity (Wildman–Crippen MR) is 56.0 cm³/mol. The lowest BCUT2D eigenvalue weighted by atomic mass is 10.2. The summed E-state index contributed by atoms with van der Waals surface area (Å²) < 4.78 is 0.765. The summed E-state index contributed by atoms with van der Waals surface area (Å²) >= 11 is 0. The largest absolute Gasteiger partial charge is 0.494 e. The van der Waals surface area contributed by atoms with Gasteiger partial charge in [-0.1, -0.05) is 0 Å². The Hall–Kier alpha value is -2.71. The fraction of sp³-hybridized carbons (Fsp3) is 0.125. The molecule has 90 valence electrons. The molecule has 0 aliphatic rings. The van der Waals surface area contributed by atoms with Gasteiger partial charge >= 0.3 is 11.4 Å². The van der Waals surface area contributed by atoms with E-state index in [1.807, 2.05) is 9.97 Å². The van der Waals surface area contributed by atoms with Crippen molar-refractivity contribution in [2.75, 3.05) is 0 Å². The first-order chi connectivity index (χ1) is 7.91. The quantitative estimate of drug-likeness (QED) is 0.398. The number of aromatic nitrogens is 4. The smallest absolute Gasteiger partial charge is 0.330 e. The SMILES string of the molecule is Cn1c(O)c(-c2[nH]c(=O)[nH]c2O)c(=O)[nH]c1=O. The van der Waals surface area contributed by atoms with Crippen LogP contribution >= 0.6 is 0 Å². The first-order valence-electron chi connectivity index (χ1n) is 4.45. The Kier molecular flexibility index (Phi) is 2.16. The fourth-order valence-electron chi connectivity index (χ4n) is 1.39. The fourth-order valence-corrected chi connectivity index (χ4v) is 1.39. The van der Waals surface area contributed by atoms with Crippen LogP contribution in [-0.4, -0.2) is 29.7 Å². The Labute approximate surface area is 92.0 Å². The van der Waals surface area contributed by atoms with Crippen molar-refractivity contribution < 1.29 is 10.2 Å². The molecule has 17 heavy (non-hydrogen) atoms. The molecule has 0 unspecified atom stereocenters. The number of nitrogens with zero attached hydrogens (tertiary/aromatic N) is 1. The van der Waals surface area contributed by atoms with E-state index in [-0.39, 0.29) is 5.69 Å². The topological polar surface area (TPSA) is 144 Å². The van der Waals surface area contributed by atoms with E-state index in [1.54, 1.807) is 0 Å². The maximum atomic E-state index is 11.5. The molecule has 0 fully saturated rings. The molecule has 0 saturated carbocycles. The molecule has 0 atom stereocenters. The van der Waals surface area contributed by atoms with Crippen LogP contribution in [-0.2, 0) is 7.05 Å². The van der Waals surface area contributed by atoms with Crippen molar-refractivity contribution in [3.05, 3.63) is 31.3 Å². The second-order valence-corrected chi connectivity index (χ2v) is 3.32. The molecular weight excluding hydrogens is 232 g/mol. The van der Waals surface area contributed by atoms with Crippen molar-refractivity contribution in [3.8, 4) is 23.0 Å². The highest BCUT2D eigenvalue weighted by Gasteiger charge is 2.19. The molecule has 5 N–H and O–H groups in total. The van der Waals surface area contributed by atoms with E-state index < -0.39 is 34.3 Å². The lowest BCUT2D eigenvalue weighted by Crippen LogP contribution is -2.29. The van der Waals surface area contributed by atoms with Gasteiger partial charge < -0.3 is 15.2 Å². The average molecular weight is 240 g/mol. The van der Waals surface area contributed by atoms with Gasteiger partial charge in [-0.2, -0.15) is 0 Å². The van der Waals surface area contributed by atoms with E-state index in [9.17, 15) is 24.6 Å². The lowest BCUT2D eigenvalue weighted by molar-refractivity contribution is 0.418. The molecule has 2 rings (SSSR count). The summed E-state index contributed by atoms with van der Waals surface area (Å²) in [5.41, 5.74) is -3.16. The Morgan fingerprint density at radius 1 is 1.06 bits per heavy atom. The second kappa shape index (κ2) is 3.40. The minimum absolute atomic E-state index is 0.288. The first-order valence-corrected chi connectivity index (χ1v) is 4.45. The Morgan fingerprint density at radius 3 is 2.24 bits per heavy atom. The molecule has 0 amide bonds. The van der Waals surface area contributed by atoms with Crippen molar-refractivity contribution in [2.45, 2.75) is 0 Å². The van der Waals surface area contributed by atoms with E-state index in [1.165, 1.54) is 7.05 Å². The van der Waals surface area contributed by atoms with Gasteiger partial charge in [-0.05, 0) is 0 Å². The molecule has 0 bridgehead atoms. The highest BCUT2D eigenvalue weighted by atomic mass is 16.3. The number of hydrogen-bond acceptors (Lipinski definition) is 5. The first kappa shape index (κ1) is 10.8. The molecule has 2 aromatic rings. The molecular formula is C8H8N4O5. The van der Waals surface area contributed by atoms with E-state index in [0.717, 1.165) is 4.57 Å². The van der Waals surface area contributed by atoms with Crippen molar-refractivity contribution in [2.24, 2.45) is 7.05 Å². The zero-order chi connectivity index (χ0) is 12.7. The van der Waals surface area contributed by atoms with Crippen LogP contribution in [0.1, 0.15) is 0 Å². The van der Waals surface area contributed by atoms with Crippen molar-refractivity contribution in [1.29, 1.82) is 0 Å². The third-order valence-electron chi connectivity index (χ3n) is 2.25. The zero-order valence-corrected chi connectivity index (χ0v) is 8.57. The lowest BCUT2D eigenvalue weighted by Gasteiger charge is -2.05. The summed E-state index contributed by atoms with van der Waals surface area (Å²) in [4.78, 5) is 39.6. The van der Waals surface area contributed by atoms with Gasteiger partial charge in [0.25, 0.3) is 5.56 Å².